The Labute approximate surface area is 99.8 Å². The largest absolute Gasteiger partial charge is 0.398 e. The van der Waals surface area contributed by atoms with E-state index >= 15 is 0 Å². The van der Waals surface area contributed by atoms with Crippen LogP contribution in [-0.4, -0.2) is 17.7 Å². The molecule has 4 heteroatoms. The molecule has 0 heterocycles. The molecule has 0 bridgehead atoms. The van der Waals surface area contributed by atoms with E-state index in [2.05, 4.69) is 5.32 Å². The lowest BCUT2D eigenvalue weighted by atomic mass is 10.2. The first kappa shape index (κ1) is 11.3. The molecule has 0 atom stereocenters. The Bertz CT molecular complexity index is 402. The van der Waals surface area contributed by atoms with Gasteiger partial charge in [0.05, 0.1) is 5.75 Å². The average Bonchev–Trinajstić information content (AvgIpc) is 3.04. The van der Waals surface area contributed by atoms with Crippen LogP contribution in [0.5, 0.6) is 0 Å². The van der Waals surface area contributed by atoms with Crippen molar-refractivity contribution in [3.8, 4) is 0 Å². The fourth-order valence-corrected chi connectivity index (χ4v) is 2.28. The molecule has 1 fully saturated rings. The number of rotatable bonds is 4. The molecule has 0 aromatic heterocycles. The fourth-order valence-electron chi connectivity index (χ4n) is 1.42. The van der Waals surface area contributed by atoms with Crippen molar-refractivity contribution in [2.24, 2.45) is 0 Å². The molecule has 1 aromatic carbocycles. The van der Waals surface area contributed by atoms with Crippen molar-refractivity contribution in [1.82, 2.24) is 5.32 Å². The van der Waals surface area contributed by atoms with Gasteiger partial charge in [-0.2, -0.15) is 0 Å². The summed E-state index contributed by atoms with van der Waals surface area (Å²) >= 11 is 1.50. The van der Waals surface area contributed by atoms with Crippen molar-refractivity contribution in [2.75, 3.05) is 11.5 Å². The Morgan fingerprint density at radius 3 is 3.00 bits per heavy atom. The van der Waals surface area contributed by atoms with E-state index in [1.807, 2.05) is 25.1 Å². The lowest BCUT2D eigenvalue weighted by Crippen LogP contribution is -2.27. The van der Waals surface area contributed by atoms with Crippen LogP contribution < -0.4 is 11.1 Å². The number of carbonyl (C=O) groups excluding carboxylic acids is 1. The predicted molar refractivity (Wildman–Crippen MR) is 67.5 cm³/mol. The fraction of sp³-hybridized carbons (Fsp3) is 0.417. The minimum Gasteiger partial charge on any atom is -0.398 e. The van der Waals surface area contributed by atoms with Gasteiger partial charge in [0.1, 0.15) is 0 Å². The SMILES string of the molecule is Cc1cccc(SCC(=O)NC2CC2)c1N. The normalized spacial score (nSPS) is 14.8. The van der Waals surface area contributed by atoms with Crippen LogP contribution in [0.4, 0.5) is 5.69 Å². The number of benzene rings is 1. The molecular weight excluding hydrogens is 220 g/mol. The summed E-state index contributed by atoms with van der Waals surface area (Å²) in [7, 11) is 0. The summed E-state index contributed by atoms with van der Waals surface area (Å²) in [6, 6.07) is 6.33. The van der Waals surface area contributed by atoms with Crippen molar-refractivity contribution in [1.29, 1.82) is 0 Å². The molecular formula is C12H16N2OS. The van der Waals surface area contributed by atoms with Gasteiger partial charge < -0.3 is 11.1 Å². The Morgan fingerprint density at radius 2 is 2.31 bits per heavy atom. The van der Waals surface area contributed by atoms with E-state index in [1.54, 1.807) is 0 Å². The maximum absolute atomic E-state index is 11.5. The number of hydrogen-bond donors (Lipinski definition) is 2. The van der Waals surface area contributed by atoms with Crippen molar-refractivity contribution < 1.29 is 4.79 Å². The van der Waals surface area contributed by atoms with Crippen LogP contribution in [0.3, 0.4) is 0 Å². The second-order valence-corrected chi connectivity index (χ2v) is 5.13. The maximum atomic E-state index is 11.5. The first-order valence-electron chi connectivity index (χ1n) is 5.44. The van der Waals surface area contributed by atoms with Crippen molar-refractivity contribution in [3.63, 3.8) is 0 Å². The minimum absolute atomic E-state index is 0.105. The second kappa shape index (κ2) is 4.78. The van der Waals surface area contributed by atoms with Gasteiger partial charge in [-0.1, -0.05) is 12.1 Å². The number of nitrogen functional groups attached to an aromatic ring is 1. The van der Waals surface area contributed by atoms with Crippen LogP contribution in [0.15, 0.2) is 23.1 Å². The van der Waals surface area contributed by atoms with E-state index in [0.717, 1.165) is 29.0 Å². The van der Waals surface area contributed by atoms with E-state index in [1.165, 1.54) is 11.8 Å². The number of carbonyl (C=O) groups is 1. The van der Waals surface area contributed by atoms with E-state index in [9.17, 15) is 4.79 Å². The number of para-hydroxylation sites is 1. The van der Waals surface area contributed by atoms with E-state index < -0.39 is 0 Å². The summed E-state index contributed by atoms with van der Waals surface area (Å²) in [6.45, 7) is 1.98. The molecule has 0 spiro atoms. The van der Waals surface area contributed by atoms with Crippen molar-refractivity contribution in [2.45, 2.75) is 30.7 Å². The number of amides is 1. The first-order chi connectivity index (χ1) is 7.66. The van der Waals surface area contributed by atoms with Gasteiger partial charge in [-0.25, -0.2) is 0 Å². The maximum Gasteiger partial charge on any atom is 0.230 e. The highest BCUT2D eigenvalue weighted by molar-refractivity contribution is 8.00. The van der Waals surface area contributed by atoms with E-state index in [4.69, 9.17) is 5.73 Å². The second-order valence-electron chi connectivity index (χ2n) is 4.12. The highest BCUT2D eigenvalue weighted by Gasteiger charge is 2.23. The monoisotopic (exact) mass is 236 g/mol. The number of anilines is 1. The topological polar surface area (TPSA) is 55.1 Å². The molecule has 1 aliphatic rings. The molecule has 2 rings (SSSR count). The number of nitrogens with two attached hydrogens (primary N) is 1. The quantitative estimate of drug-likeness (QED) is 0.620. The third-order valence-corrected chi connectivity index (χ3v) is 3.66. The zero-order valence-corrected chi connectivity index (χ0v) is 10.1. The van der Waals surface area contributed by atoms with Crippen LogP contribution >= 0.6 is 11.8 Å². The molecule has 16 heavy (non-hydrogen) atoms. The number of nitrogens with one attached hydrogen (secondary N) is 1. The number of hydrogen-bond acceptors (Lipinski definition) is 3. The standard InChI is InChI=1S/C12H16N2OS/c1-8-3-2-4-10(12(8)13)16-7-11(15)14-9-5-6-9/h2-4,9H,5-7,13H2,1H3,(H,14,15). The molecule has 1 amide bonds. The molecule has 3 nitrogen and oxygen atoms in total. The summed E-state index contributed by atoms with van der Waals surface area (Å²) in [5.74, 6) is 0.554. The number of aryl methyl sites for hydroxylation is 1. The molecule has 3 N–H and O–H groups in total. The number of thioether (sulfide) groups is 1. The van der Waals surface area contributed by atoms with Crippen LogP contribution in [0, 0.1) is 6.92 Å². The van der Waals surface area contributed by atoms with Crippen molar-refractivity contribution in [3.05, 3.63) is 23.8 Å². The van der Waals surface area contributed by atoms with Gasteiger partial charge in [0.2, 0.25) is 5.91 Å². The van der Waals surface area contributed by atoms with Gasteiger partial charge >= 0.3 is 0 Å². The van der Waals surface area contributed by atoms with Gasteiger partial charge in [-0.05, 0) is 31.4 Å². The Balaban J connectivity index is 1.88. The minimum atomic E-state index is 0.105. The molecule has 0 unspecified atom stereocenters. The van der Waals surface area contributed by atoms with Gasteiger partial charge in [0, 0.05) is 16.6 Å². The zero-order valence-electron chi connectivity index (χ0n) is 9.32. The lowest BCUT2D eigenvalue weighted by molar-refractivity contribution is -0.118. The summed E-state index contributed by atoms with van der Waals surface area (Å²) in [5.41, 5.74) is 7.78. The molecule has 0 radical (unpaired) electrons. The summed E-state index contributed by atoms with van der Waals surface area (Å²) in [4.78, 5) is 12.5. The Hall–Kier alpha value is -1.16. The lowest BCUT2D eigenvalue weighted by Gasteiger charge is -2.07. The van der Waals surface area contributed by atoms with Crippen LogP contribution in [0.1, 0.15) is 18.4 Å². The highest BCUT2D eigenvalue weighted by atomic mass is 32.2. The van der Waals surface area contributed by atoms with E-state index in [-0.39, 0.29) is 5.91 Å². The van der Waals surface area contributed by atoms with Gasteiger partial charge in [0.15, 0.2) is 0 Å². The summed E-state index contributed by atoms with van der Waals surface area (Å²) in [6.07, 6.45) is 2.26. The van der Waals surface area contributed by atoms with Crippen LogP contribution in [0.2, 0.25) is 0 Å². The van der Waals surface area contributed by atoms with E-state index in [0.29, 0.717) is 11.8 Å². The molecule has 1 saturated carbocycles. The average molecular weight is 236 g/mol. The Kier molecular flexibility index (Phi) is 3.39. The van der Waals surface area contributed by atoms with Crippen molar-refractivity contribution >= 4 is 23.4 Å². The molecule has 0 aliphatic heterocycles. The third-order valence-electron chi connectivity index (χ3n) is 2.59. The third kappa shape index (κ3) is 2.92. The molecule has 1 aliphatic carbocycles. The summed E-state index contributed by atoms with van der Waals surface area (Å²) in [5, 5.41) is 2.96. The van der Waals surface area contributed by atoms with Crippen LogP contribution in [-0.2, 0) is 4.79 Å². The molecule has 0 saturated heterocycles. The molecule has 86 valence electrons. The molecule has 1 aromatic rings. The first-order valence-corrected chi connectivity index (χ1v) is 6.42. The van der Waals surface area contributed by atoms with Gasteiger partial charge in [-0.3, -0.25) is 4.79 Å². The van der Waals surface area contributed by atoms with Gasteiger partial charge in [-0.15, -0.1) is 11.8 Å². The highest BCUT2D eigenvalue weighted by Crippen LogP contribution is 2.27. The summed E-state index contributed by atoms with van der Waals surface area (Å²) < 4.78 is 0. The Morgan fingerprint density at radius 1 is 1.56 bits per heavy atom. The van der Waals surface area contributed by atoms with Gasteiger partial charge in [0.25, 0.3) is 0 Å². The van der Waals surface area contributed by atoms with Crippen LogP contribution in [0.25, 0.3) is 0 Å². The predicted octanol–water partition coefficient (Wildman–Crippen LogP) is 1.95. The smallest absolute Gasteiger partial charge is 0.230 e. The zero-order chi connectivity index (χ0) is 11.5.